The van der Waals surface area contributed by atoms with Gasteiger partial charge in [-0.15, -0.1) is 0 Å². The van der Waals surface area contributed by atoms with Crippen LogP contribution in [-0.2, 0) is 10.2 Å². The summed E-state index contributed by atoms with van der Waals surface area (Å²) in [7, 11) is 0. The Balaban J connectivity index is 1.73. The van der Waals surface area contributed by atoms with Gasteiger partial charge in [-0.25, -0.2) is 0 Å². The average molecular weight is 289 g/mol. The monoisotopic (exact) mass is 289 g/mol. The van der Waals surface area contributed by atoms with Crippen LogP contribution < -0.4 is 10.6 Å². The number of benzene rings is 1. The van der Waals surface area contributed by atoms with Crippen molar-refractivity contribution in [1.29, 1.82) is 0 Å². The lowest BCUT2D eigenvalue weighted by Crippen LogP contribution is -2.44. The number of nitrogen functional groups attached to an aromatic ring is 1. The number of fused-ring (bicyclic) bond motifs is 1. The molecule has 4 heteroatoms. The zero-order chi connectivity index (χ0) is 14.9. The topological polar surface area (TPSA) is 41.7 Å². The molecular formula is C17H27N3O. The van der Waals surface area contributed by atoms with Crippen molar-refractivity contribution in [3.8, 4) is 0 Å². The SMILES string of the molecule is CC1(C)CCN(CCN2CCOCC2)c2cc(N)ccc21. The molecule has 2 aliphatic heterocycles. The van der Waals surface area contributed by atoms with Gasteiger partial charge < -0.3 is 15.4 Å². The molecule has 0 aliphatic carbocycles. The molecule has 4 nitrogen and oxygen atoms in total. The molecule has 116 valence electrons. The highest BCUT2D eigenvalue weighted by molar-refractivity contribution is 5.64. The minimum Gasteiger partial charge on any atom is -0.399 e. The highest BCUT2D eigenvalue weighted by Gasteiger charge is 2.31. The average Bonchev–Trinajstić information content (AvgIpc) is 2.47. The van der Waals surface area contributed by atoms with Gasteiger partial charge in [-0.2, -0.15) is 0 Å². The van der Waals surface area contributed by atoms with Crippen LogP contribution in [0.4, 0.5) is 11.4 Å². The highest BCUT2D eigenvalue weighted by Crippen LogP contribution is 2.40. The van der Waals surface area contributed by atoms with Gasteiger partial charge in [0.2, 0.25) is 0 Å². The van der Waals surface area contributed by atoms with Gasteiger partial charge in [-0.3, -0.25) is 4.90 Å². The number of nitrogens with two attached hydrogens (primary N) is 1. The third-order valence-corrected chi connectivity index (χ3v) is 4.89. The van der Waals surface area contributed by atoms with Crippen molar-refractivity contribution in [2.75, 3.05) is 56.6 Å². The first kappa shape index (κ1) is 14.7. The molecule has 21 heavy (non-hydrogen) atoms. The number of hydrogen-bond acceptors (Lipinski definition) is 4. The third-order valence-electron chi connectivity index (χ3n) is 4.89. The number of hydrogen-bond donors (Lipinski definition) is 1. The molecule has 0 spiro atoms. The van der Waals surface area contributed by atoms with Gasteiger partial charge in [0.1, 0.15) is 0 Å². The maximum atomic E-state index is 6.02. The van der Waals surface area contributed by atoms with Crippen LogP contribution >= 0.6 is 0 Å². The van der Waals surface area contributed by atoms with E-state index in [1.807, 2.05) is 6.07 Å². The van der Waals surface area contributed by atoms with Crippen LogP contribution in [0.1, 0.15) is 25.8 Å². The smallest absolute Gasteiger partial charge is 0.0594 e. The van der Waals surface area contributed by atoms with Gasteiger partial charge in [0.25, 0.3) is 0 Å². The first-order valence-corrected chi connectivity index (χ1v) is 8.01. The summed E-state index contributed by atoms with van der Waals surface area (Å²) in [6.07, 6.45) is 1.20. The lowest BCUT2D eigenvalue weighted by atomic mass is 9.77. The van der Waals surface area contributed by atoms with E-state index in [-0.39, 0.29) is 5.41 Å². The van der Waals surface area contributed by atoms with Crippen molar-refractivity contribution in [2.24, 2.45) is 0 Å². The first-order valence-electron chi connectivity index (χ1n) is 8.01. The van der Waals surface area contributed by atoms with Crippen LogP contribution in [0, 0.1) is 0 Å². The number of ether oxygens (including phenoxy) is 1. The van der Waals surface area contributed by atoms with E-state index >= 15 is 0 Å². The Morgan fingerprint density at radius 3 is 2.67 bits per heavy atom. The second-order valence-electron chi connectivity index (χ2n) is 6.85. The molecule has 0 bridgehead atoms. The predicted octanol–water partition coefficient (Wildman–Crippen LogP) is 2.09. The number of nitrogens with zero attached hydrogens (tertiary/aromatic N) is 2. The molecule has 0 aromatic heterocycles. The largest absolute Gasteiger partial charge is 0.399 e. The lowest BCUT2D eigenvalue weighted by molar-refractivity contribution is 0.0391. The minimum absolute atomic E-state index is 0.249. The van der Waals surface area contributed by atoms with Crippen LogP contribution in [0.5, 0.6) is 0 Å². The summed E-state index contributed by atoms with van der Waals surface area (Å²) in [5.74, 6) is 0. The van der Waals surface area contributed by atoms with Crippen molar-refractivity contribution in [3.05, 3.63) is 23.8 Å². The summed E-state index contributed by atoms with van der Waals surface area (Å²) >= 11 is 0. The van der Waals surface area contributed by atoms with E-state index in [1.165, 1.54) is 17.7 Å². The number of morpholine rings is 1. The maximum Gasteiger partial charge on any atom is 0.0594 e. The lowest BCUT2D eigenvalue weighted by Gasteiger charge is -2.41. The predicted molar refractivity (Wildman–Crippen MR) is 88.0 cm³/mol. The Kier molecular flexibility index (Phi) is 4.09. The first-order chi connectivity index (χ1) is 10.1. The van der Waals surface area contributed by atoms with E-state index in [9.17, 15) is 0 Å². The summed E-state index contributed by atoms with van der Waals surface area (Å²) in [5.41, 5.74) is 9.90. The Morgan fingerprint density at radius 2 is 1.90 bits per heavy atom. The highest BCUT2D eigenvalue weighted by atomic mass is 16.5. The van der Waals surface area contributed by atoms with Crippen LogP contribution in [0.3, 0.4) is 0 Å². The van der Waals surface area contributed by atoms with Gasteiger partial charge in [-0.05, 0) is 29.5 Å². The summed E-state index contributed by atoms with van der Waals surface area (Å²) in [5, 5.41) is 0. The van der Waals surface area contributed by atoms with Crippen LogP contribution in [0.25, 0.3) is 0 Å². The summed E-state index contributed by atoms with van der Waals surface area (Å²) in [6, 6.07) is 6.40. The molecule has 2 aliphatic rings. The molecule has 0 unspecified atom stereocenters. The Hall–Kier alpha value is -1.26. The molecular weight excluding hydrogens is 262 g/mol. The van der Waals surface area contributed by atoms with Crippen molar-refractivity contribution in [3.63, 3.8) is 0 Å². The van der Waals surface area contributed by atoms with Gasteiger partial charge in [0.15, 0.2) is 0 Å². The molecule has 1 aromatic carbocycles. The summed E-state index contributed by atoms with van der Waals surface area (Å²) in [4.78, 5) is 5.00. The van der Waals surface area contributed by atoms with Crippen molar-refractivity contribution in [2.45, 2.75) is 25.7 Å². The summed E-state index contributed by atoms with van der Waals surface area (Å²) in [6.45, 7) is 11.8. The third kappa shape index (κ3) is 3.16. The molecule has 2 N–H and O–H groups in total. The number of rotatable bonds is 3. The Morgan fingerprint density at radius 1 is 1.14 bits per heavy atom. The molecule has 3 rings (SSSR count). The Labute approximate surface area is 127 Å². The van der Waals surface area contributed by atoms with E-state index in [2.05, 4.69) is 35.8 Å². The van der Waals surface area contributed by atoms with Gasteiger partial charge >= 0.3 is 0 Å². The fourth-order valence-corrected chi connectivity index (χ4v) is 3.37. The molecule has 0 amide bonds. The maximum absolute atomic E-state index is 6.02. The van der Waals surface area contributed by atoms with Crippen LogP contribution in [0.2, 0.25) is 0 Å². The summed E-state index contributed by atoms with van der Waals surface area (Å²) < 4.78 is 5.42. The van der Waals surface area contributed by atoms with Gasteiger partial charge in [0.05, 0.1) is 13.2 Å². The van der Waals surface area contributed by atoms with E-state index < -0.39 is 0 Å². The Bertz CT molecular complexity index is 495. The number of anilines is 2. The molecule has 0 saturated carbocycles. The van der Waals surface area contributed by atoms with E-state index in [1.54, 1.807) is 0 Å². The van der Waals surface area contributed by atoms with Gasteiger partial charge in [0, 0.05) is 44.1 Å². The van der Waals surface area contributed by atoms with Crippen molar-refractivity contribution < 1.29 is 4.74 Å². The van der Waals surface area contributed by atoms with Crippen LogP contribution in [0.15, 0.2) is 18.2 Å². The van der Waals surface area contributed by atoms with E-state index in [4.69, 9.17) is 10.5 Å². The minimum atomic E-state index is 0.249. The zero-order valence-corrected chi connectivity index (χ0v) is 13.3. The second-order valence-corrected chi connectivity index (χ2v) is 6.85. The fourth-order valence-electron chi connectivity index (χ4n) is 3.37. The van der Waals surface area contributed by atoms with E-state index in [0.29, 0.717) is 0 Å². The quantitative estimate of drug-likeness (QED) is 0.865. The normalized spacial score (nSPS) is 22.1. The molecule has 1 saturated heterocycles. The molecule has 2 heterocycles. The zero-order valence-electron chi connectivity index (χ0n) is 13.3. The standard InChI is InChI=1S/C17H27N3O/c1-17(2)5-6-20(8-7-19-9-11-21-12-10-19)16-13-14(18)3-4-15(16)17/h3-4,13H,5-12,18H2,1-2H3. The molecule has 0 atom stereocenters. The van der Waals surface area contributed by atoms with E-state index in [0.717, 1.165) is 51.6 Å². The van der Waals surface area contributed by atoms with Crippen molar-refractivity contribution in [1.82, 2.24) is 4.90 Å². The van der Waals surface area contributed by atoms with Crippen LogP contribution in [-0.4, -0.2) is 50.8 Å². The molecule has 1 fully saturated rings. The van der Waals surface area contributed by atoms with Gasteiger partial charge in [-0.1, -0.05) is 19.9 Å². The second kappa shape index (κ2) is 5.85. The molecule has 1 aromatic rings. The molecule has 0 radical (unpaired) electrons. The van der Waals surface area contributed by atoms with Crippen molar-refractivity contribution >= 4 is 11.4 Å². The fraction of sp³-hybridized carbons (Fsp3) is 0.647.